The Hall–Kier alpha value is -2.42. The molecule has 0 saturated carbocycles. The number of anilines is 1. The Labute approximate surface area is 198 Å². The summed E-state index contributed by atoms with van der Waals surface area (Å²) < 4.78 is 10.9. The van der Waals surface area contributed by atoms with Gasteiger partial charge in [0.15, 0.2) is 0 Å². The molecule has 2 saturated heterocycles. The molecule has 3 heterocycles. The molecule has 178 valence electrons. The van der Waals surface area contributed by atoms with Gasteiger partial charge in [-0.1, -0.05) is 23.7 Å². The summed E-state index contributed by atoms with van der Waals surface area (Å²) in [5.74, 6) is 0.490. The monoisotopic (exact) mass is 474 g/mol. The Bertz CT molecular complexity index is 1010. The number of H-pyrrole nitrogens is 1. The predicted molar refractivity (Wildman–Crippen MR) is 127 cm³/mol. The molecule has 2 fully saturated rings. The number of aromatic amines is 1. The maximum atomic E-state index is 12.7. The molecule has 2 aliphatic rings. The molecule has 2 aliphatic heterocycles. The zero-order valence-corrected chi connectivity index (χ0v) is 19.7. The van der Waals surface area contributed by atoms with Gasteiger partial charge in [0, 0.05) is 61.0 Å². The second-order valence-electron chi connectivity index (χ2n) is 8.73. The molecule has 9 heteroatoms. The molecule has 0 radical (unpaired) electrons. The number of nitrogens with one attached hydrogen (secondary N) is 2. The van der Waals surface area contributed by atoms with Gasteiger partial charge >= 0.3 is 0 Å². The number of hydrogen-bond acceptors (Lipinski definition) is 6. The van der Waals surface area contributed by atoms with Gasteiger partial charge in [-0.05, 0) is 43.9 Å². The predicted octanol–water partition coefficient (Wildman–Crippen LogP) is 2.37. The Balaban J connectivity index is 1.37. The fraction of sp³-hybridized carbons (Fsp3) is 0.542. The Kier molecular flexibility index (Phi) is 7.67. The molecule has 0 unspecified atom stereocenters. The van der Waals surface area contributed by atoms with E-state index >= 15 is 0 Å². The number of benzene rings is 1. The van der Waals surface area contributed by atoms with Crippen molar-refractivity contribution in [3.63, 3.8) is 0 Å². The maximum Gasteiger partial charge on any atom is 0.255 e. The van der Waals surface area contributed by atoms with Crippen molar-refractivity contribution in [3.8, 4) is 0 Å². The van der Waals surface area contributed by atoms with E-state index in [-0.39, 0.29) is 23.3 Å². The minimum absolute atomic E-state index is 0.0779. The van der Waals surface area contributed by atoms with Crippen LogP contribution in [-0.2, 0) is 26.1 Å². The van der Waals surface area contributed by atoms with E-state index in [1.54, 1.807) is 0 Å². The van der Waals surface area contributed by atoms with Crippen LogP contribution in [0.25, 0.3) is 0 Å². The summed E-state index contributed by atoms with van der Waals surface area (Å²) in [6, 6.07) is 7.84. The van der Waals surface area contributed by atoms with Crippen LogP contribution < -0.4 is 15.8 Å². The van der Waals surface area contributed by atoms with Gasteiger partial charge in [0.2, 0.25) is 11.9 Å². The number of aryl methyl sites for hydroxylation is 1. The summed E-state index contributed by atoms with van der Waals surface area (Å²) in [5, 5.41) is 3.79. The molecule has 4 rings (SSSR count). The minimum atomic E-state index is -0.182. The van der Waals surface area contributed by atoms with Crippen LogP contribution in [0, 0.1) is 6.92 Å². The number of aromatic nitrogens is 2. The van der Waals surface area contributed by atoms with Gasteiger partial charge in [0.1, 0.15) is 0 Å². The Morgan fingerprint density at radius 2 is 1.82 bits per heavy atom. The van der Waals surface area contributed by atoms with Crippen LogP contribution >= 0.6 is 11.6 Å². The first-order valence-corrected chi connectivity index (χ1v) is 11.9. The largest absolute Gasteiger partial charge is 0.381 e. The summed E-state index contributed by atoms with van der Waals surface area (Å²) in [6.07, 6.45) is 2.25. The molecule has 8 nitrogen and oxygen atoms in total. The van der Waals surface area contributed by atoms with Crippen LogP contribution in [0.1, 0.15) is 36.1 Å². The number of rotatable bonds is 7. The Morgan fingerprint density at radius 3 is 2.48 bits per heavy atom. The highest BCUT2D eigenvalue weighted by Crippen LogP contribution is 2.35. The van der Waals surface area contributed by atoms with Crippen LogP contribution in [0.3, 0.4) is 0 Å². The van der Waals surface area contributed by atoms with E-state index in [1.165, 1.54) is 0 Å². The molecular weight excluding hydrogens is 444 g/mol. The SMILES string of the molecule is Cc1nc(N2CCOCC2)[nH]c(=O)c1CCC(=O)NCC1(c2ccc(Cl)cc2)CCOCC1. The van der Waals surface area contributed by atoms with Gasteiger partial charge in [0.25, 0.3) is 5.56 Å². The van der Waals surface area contributed by atoms with Crippen LogP contribution in [-0.4, -0.2) is 61.9 Å². The zero-order valence-electron chi connectivity index (χ0n) is 19.0. The summed E-state index contributed by atoms with van der Waals surface area (Å²) in [5.41, 5.74) is 2.02. The van der Waals surface area contributed by atoms with E-state index in [0.717, 1.165) is 18.4 Å². The van der Waals surface area contributed by atoms with Gasteiger partial charge in [-0.15, -0.1) is 0 Å². The molecular formula is C24H31ClN4O4. The average Bonchev–Trinajstić information content (AvgIpc) is 2.83. The second-order valence-corrected chi connectivity index (χ2v) is 9.17. The van der Waals surface area contributed by atoms with Crippen LogP contribution in [0.2, 0.25) is 5.02 Å². The van der Waals surface area contributed by atoms with E-state index in [2.05, 4.69) is 15.3 Å². The summed E-state index contributed by atoms with van der Waals surface area (Å²) >= 11 is 6.07. The van der Waals surface area contributed by atoms with Crippen molar-refractivity contribution in [1.82, 2.24) is 15.3 Å². The van der Waals surface area contributed by atoms with Gasteiger partial charge in [-0.2, -0.15) is 0 Å². The zero-order chi connectivity index (χ0) is 23.3. The third-order valence-electron chi connectivity index (χ3n) is 6.65. The number of hydrogen-bond donors (Lipinski definition) is 2. The molecule has 1 aromatic carbocycles. The number of nitrogens with zero attached hydrogens (tertiary/aromatic N) is 2. The lowest BCUT2D eigenvalue weighted by atomic mass is 9.74. The highest BCUT2D eigenvalue weighted by molar-refractivity contribution is 6.30. The maximum absolute atomic E-state index is 12.7. The van der Waals surface area contributed by atoms with E-state index in [1.807, 2.05) is 36.1 Å². The lowest BCUT2D eigenvalue weighted by molar-refractivity contribution is -0.121. The highest BCUT2D eigenvalue weighted by Gasteiger charge is 2.34. The lowest BCUT2D eigenvalue weighted by Gasteiger charge is -2.38. The van der Waals surface area contributed by atoms with Gasteiger partial charge in [0.05, 0.1) is 13.2 Å². The molecule has 2 aromatic rings. The fourth-order valence-corrected chi connectivity index (χ4v) is 4.67. The smallest absolute Gasteiger partial charge is 0.255 e. The average molecular weight is 475 g/mol. The highest BCUT2D eigenvalue weighted by atomic mass is 35.5. The first-order valence-electron chi connectivity index (χ1n) is 11.5. The van der Waals surface area contributed by atoms with Gasteiger partial charge in [-0.3, -0.25) is 14.6 Å². The first-order chi connectivity index (χ1) is 16.0. The van der Waals surface area contributed by atoms with Gasteiger partial charge in [-0.25, -0.2) is 4.98 Å². The quantitative estimate of drug-likeness (QED) is 0.639. The van der Waals surface area contributed by atoms with Crippen molar-refractivity contribution < 1.29 is 14.3 Å². The lowest BCUT2D eigenvalue weighted by Crippen LogP contribution is -2.44. The number of ether oxygens (including phenoxy) is 2. The first kappa shape index (κ1) is 23.7. The van der Waals surface area contributed by atoms with Gasteiger partial charge < -0.3 is 19.7 Å². The van der Waals surface area contributed by atoms with Crippen molar-refractivity contribution >= 4 is 23.5 Å². The number of amides is 1. The van der Waals surface area contributed by atoms with Crippen LogP contribution in [0.15, 0.2) is 29.1 Å². The summed E-state index contributed by atoms with van der Waals surface area (Å²) in [7, 11) is 0. The van der Waals surface area contributed by atoms with E-state index < -0.39 is 0 Å². The summed E-state index contributed by atoms with van der Waals surface area (Å²) in [4.78, 5) is 34.8. The summed E-state index contributed by atoms with van der Waals surface area (Å²) in [6.45, 7) is 6.31. The third-order valence-corrected chi connectivity index (χ3v) is 6.90. The molecule has 0 spiro atoms. The Morgan fingerprint density at radius 1 is 1.15 bits per heavy atom. The number of morpholine rings is 1. The number of carbonyl (C=O) groups excluding carboxylic acids is 1. The third kappa shape index (κ3) is 5.75. The molecule has 1 aromatic heterocycles. The van der Waals surface area contributed by atoms with E-state index in [9.17, 15) is 9.59 Å². The van der Waals surface area contributed by atoms with Crippen molar-refractivity contribution in [2.45, 2.75) is 38.0 Å². The van der Waals surface area contributed by atoms with Crippen LogP contribution in [0.5, 0.6) is 0 Å². The topological polar surface area (TPSA) is 96.6 Å². The second kappa shape index (κ2) is 10.7. The number of halogens is 1. The number of carbonyl (C=O) groups is 1. The van der Waals surface area contributed by atoms with E-state index in [4.69, 9.17) is 21.1 Å². The molecule has 0 bridgehead atoms. The molecule has 0 atom stereocenters. The van der Waals surface area contributed by atoms with Crippen molar-refractivity contribution in [2.75, 3.05) is 51.0 Å². The molecule has 2 N–H and O–H groups in total. The molecule has 33 heavy (non-hydrogen) atoms. The molecule has 1 amide bonds. The van der Waals surface area contributed by atoms with Crippen molar-refractivity contribution in [1.29, 1.82) is 0 Å². The van der Waals surface area contributed by atoms with E-state index in [0.29, 0.717) is 74.7 Å². The minimum Gasteiger partial charge on any atom is -0.381 e. The van der Waals surface area contributed by atoms with Crippen molar-refractivity contribution in [3.05, 3.63) is 56.5 Å². The van der Waals surface area contributed by atoms with Crippen molar-refractivity contribution in [2.24, 2.45) is 0 Å². The fourth-order valence-electron chi connectivity index (χ4n) is 4.54. The van der Waals surface area contributed by atoms with Crippen LogP contribution in [0.4, 0.5) is 5.95 Å². The molecule has 0 aliphatic carbocycles. The normalized spacial score (nSPS) is 18.2. The standard InChI is InChI=1S/C24H31ClN4O4/c1-17-20(22(31)28-23(27-17)29-10-14-33-15-11-29)6-7-21(30)26-16-24(8-12-32-13-9-24)18-2-4-19(25)5-3-18/h2-5H,6-16H2,1H3,(H,26,30)(H,27,28,31).